The zero-order valence-corrected chi connectivity index (χ0v) is 14.8. The molecule has 2 aromatic heterocycles. The number of pyridine rings is 2. The van der Waals surface area contributed by atoms with E-state index < -0.39 is 0 Å². The van der Waals surface area contributed by atoms with E-state index in [1.807, 2.05) is 62.8 Å². The minimum absolute atomic E-state index is 1.08. The number of aromatic nitrogens is 2. The van der Waals surface area contributed by atoms with Crippen molar-refractivity contribution in [2.24, 2.45) is 0 Å². The second kappa shape index (κ2) is 8.78. The molecule has 4 rings (SSSR count). The first-order chi connectivity index (χ1) is 11.7. The molecule has 0 aliphatic heterocycles. The van der Waals surface area contributed by atoms with Crippen molar-refractivity contribution in [3.8, 4) is 0 Å². The molecule has 0 aliphatic rings. The SMILES string of the molecule is CC.Cc1ccc2ccncc2c1.Cc1ccnc2ccccc12. The lowest BCUT2D eigenvalue weighted by molar-refractivity contribution is 1.36. The molecule has 0 saturated heterocycles. The quantitative estimate of drug-likeness (QED) is 0.391. The molecule has 0 spiro atoms. The summed E-state index contributed by atoms with van der Waals surface area (Å²) in [5.74, 6) is 0. The van der Waals surface area contributed by atoms with Crippen LogP contribution in [0.2, 0.25) is 0 Å². The lowest BCUT2D eigenvalue weighted by Gasteiger charge is -1.97. The van der Waals surface area contributed by atoms with Gasteiger partial charge in [0.25, 0.3) is 0 Å². The van der Waals surface area contributed by atoms with Crippen LogP contribution in [0.4, 0.5) is 0 Å². The Morgan fingerprint density at radius 1 is 0.750 bits per heavy atom. The Kier molecular flexibility index (Phi) is 6.44. The summed E-state index contributed by atoms with van der Waals surface area (Å²) < 4.78 is 0. The van der Waals surface area contributed by atoms with Crippen molar-refractivity contribution in [1.82, 2.24) is 9.97 Å². The predicted octanol–water partition coefficient (Wildman–Crippen LogP) is 6.11. The summed E-state index contributed by atoms with van der Waals surface area (Å²) in [7, 11) is 0. The van der Waals surface area contributed by atoms with E-state index in [0.29, 0.717) is 0 Å². The number of para-hydroxylation sites is 1. The van der Waals surface area contributed by atoms with Crippen LogP contribution < -0.4 is 0 Å². The molecule has 2 aromatic carbocycles. The topological polar surface area (TPSA) is 25.8 Å². The van der Waals surface area contributed by atoms with Gasteiger partial charge in [-0.3, -0.25) is 9.97 Å². The first-order valence-corrected chi connectivity index (χ1v) is 8.35. The minimum atomic E-state index is 1.08. The number of aryl methyl sites for hydroxylation is 2. The van der Waals surface area contributed by atoms with Crippen molar-refractivity contribution in [2.75, 3.05) is 0 Å². The van der Waals surface area contributed by atoms with E-state index >= 15 is 0 Å². The van der Waals surface area contributed by atoms with Crippen LogP contribution in [0.3, 0.4) is 0 Å². The Hall–Kier alpha value is -2.74. The highest BCUT2D eigenvalue weighted by atomic mass is 14.6. The standard InChI is InChI=1S/2C10H9N.C2H6/c1-8-2-3-9-4-5-11-7-10(9)6-8;1-8-6-7-11-10-5-3-2-4-9(8)10;1-2/h2*2-7H,1H3;1-2H3. The summed E-state index contributed by atoms with van der Waals surface area (Å²) in [5, 5.41) is 3.72. The van der Waals surface area contributed by atoms with Gasteiger partial charge in [-0.15, -0.1) is 0 Å². The molecular weight excluding hydrogens is 292 g/mol. The molecule has 0 radical (unpaired) electrons. The van der Waals surface area contributed by atoms with Gasteiger partial charge in [0.05, 0.1) is 5.52 Å². The largest absolute Gasteiger partial charge is 0.264 e. The zero-order chi connectivity index (χ0) is 17.4. The van der Waals surface area contributed by atoms with Gasteiger partial charge < -0.3 is 0 Å². The fourth-order valence-electron chi connectivity index (χ4n) is 2.44. The fraction of sp³-hybridized carbons (Fsp3) is 0.182. The van der Waals surface area contributed by atoms with Crippen molar-refractivity contribution in [1.29, 1.82) is 0 Å². The number of nitrogens with zero attached hydrogens (tertiary/aromatic N) is 2. The predicted molar refractivity (Wildman–Crippen MR) is 104 cm³/mol. The van der Waals surface area contributed by atoms with E-state index in [2.05, 4.69) is 48.1 Å². The molecule has 0 aliphatic carbocycles. The number of rotatable bonds is 0. The third-order valence-electron chi connectivity index (χ3n) is 3.66. The maximum atomic E-state index is 4.24. The van der Waals surface area contributed by atoms with Gasteiger partial charge in [-0.1, -0.05) is 49.7 Å². The summed E-state index contributed by atoms with van der Waals surface area (Å²) in [6.07, 6.45) is 5.55. The molecule has 2 heterocycles. The lowest BCUT2D eigenvalue weighted by atomic mass is 10.1. The van der Waals surface area contributed by atoms with Gasteiger partial charge in [0.1, 0.15) is 0 Å². The van der Waals surface area contributed by atoms with Gasteiger partial charge in [0.15, 0.2) is 0 Å². The Bertz CT molecular complexity index is 902. The molecule has 122 valence electrons. The van der Waals surface area contributed by atoms with Crippen LogP contribution in [0, 0.1) is 13.8 Å². The summed E-state index contributed by atoms with van der Waals surface area (Å²) in [5.41, 5.74) is 3.65. The van der Waals surface area contributed by atoms with Gasteiger partial charge in [0.2, 0.25) is 0 Å². The Morgan fingerprint density at radius 2 is 1.54 bits per heavy atom. The van der Waals surface area contributed by atoms with Crippen LogP contribution in [0.25, 0.3) is 21.7 Å². The normalized spacial score (nSPS) is 9.67. The van der Waals surface area contributed by atoms with Gasteiger partial charge in [-0.05, 0) is 49.1 Å². The number of hydrogen-bond acceptors (Lipinski definition) is 2. The fourth-order valence-corrected chi connectivity index (χ4v) is 2.44. The molecule has 2 nitrogen and oxygen atoms in total. The average Bonchev–Trinajstić information content (AvgIpc) is 2.64. The van der Waals surface area contributed by atoms with Gasteiger partial charge >= 0.3 is 0 Å². The van der Waals surface area contributed by atoms with E-state index in [0.717, 1.165) is 5.52 Å². The zero-order valence-electron chi connectivity index (χ0n) is 14.8. The van der Waals surface area contributed by atoms with Gasteiger partial charge in [-0.2, -0.15) is 0 Å². The van der Waals surface area contributed by atoms with E-state index in [-0.39, 0.29) is 0 Å². The summed E-state index contributed by atoms with van der Waals surface area (Å²) >= 11 is 0. The number of fused-ring (bicyclic) bond motifs is 2. The number of hydrogen-bond donors (Lipinski definition) is 0. The van der Waals surface area contributed by atoms with Gasteiger partial charge in [0, 0.05) is 29.4 Å². The highest BCUT2D eigenvalue weighted by Crippen LogP contribution is 2.14. The van der Waals surface area contributed by atoms with Crippen molar-refractivity contribution in [3.63, 3.8) is 0 Å². The summed E-state index contributed by atoms with van der Waals surface area (Å²) in [6.45, 7) is 8.19. The number of benzene rings is 2. The molecule has 4 aromatic rings. The molecule has 0 saturated carbocycles. The van der Waals surface area contributed by atoms with Crippen molar-refractivity contribution in [2.45, 2.75) is 27.7 Å². The monoisotopic (exact) mass is 316 g/mol. The Labute approximate surface area is 144 Å². The van der Waals surface area contributed by atoms with E-state index in [1.54, 1.807) is 0 Å². The molecule has 0 N–H and O–H groups in total. The molecular formula is C22H24N2. The Balaban J connectivity index is 0.000000158. The minimum Gasteiger partial charge on any atom is -0.264 e. The van der Waals surface area contributed by atoms with E-state index in [9.17, 15) is 0 Å². The average molecular weight is 316 g/mol. The van der Waals surface area contributed by atoms with Crippen LogP contribution in [0.1, 0.15) is 25.0 Å². The molecule has 2 heteroatoms. The van der Waals surface area contributed by atoms with Gasteiger partial charge in [-0.25, -0.2) is 0 Å². The van der Waals surface area contributed by atoms with Crippen LogP contribution in [-0.2, 0) is 0 Å². The Morgan fingerprint density at radius 3 is 2.33 bits per heavy atom. The van der Waals surface area contributed by atoms with Crippen LogP contribution in [-0.4, -0.2) is 9.97 Å². The van der Waals surface area contributed by atoms with Crippen molar-refractivity contribution in [3.05, 3.63) is 84.3 Å². The molecule has 0 fully saturated rings. The maximum Gasteiger partial charge on any atom is 0.0704 e. The smallest absolute Gasteiger partial charge is 0.0704 e. The van der Waals surface area contributed by atoms with Crippen LogP contribution in [0.5, 0.6) is 0 Å². The van der Waals surface area contributed by atoms with E-state index in [1.165, 1.54) is 27.3 Å². The second-order valence-electron chi connectivity index (χ2n) is 5.37. The first-order valence-electron chi connectivity index (χ1n) is 8.35. The first kappa shape index (κ1) is 17.6. The molecule has 0 atom stereocenters. The highest BCUT2D eigenvalue weighted by molar-refractivity contribution is 5.82. The molecule has 0 amide bonds. The summed E-state index contributed by atoms with van der Waals surface area (Å²) in [4.78, 5) is 8.30. The maximum absolute atomic E-state index is 4.24. The highest BCUT2D eigenvalue weighted by Gasteiger charge is 1.93. The lowest BCUT2D eigenvalue weighted by Crippen LogP contribution is -1.79. The van der Waals surface area contributed by atoms with Crippen LogP contribution >= 0.6 is 0 Å². The molecule has 0 bridgehead atoms. The second-order valence-corrected chi connectivity index (χ2v) is 5.37. The third-order valence-corrected chi connectivity index (χ3v) is 3.66. The third kappa shape index (κ3) is 4.39. The molecule has 24 heavy (non-hydrogen) atoms. The summed E-state index contributed by atoms with van der Waals surface area (Å²) in [6, 6.07) is 18.6. The van der Waals surface area contributed by atoms with Crippen molar-refractivity contribution >= 4 is 21.7 Å². The van der Waals surface area contributed by atoms with E-state index in [4.69, 9.17) is 0 Å². The van der Waals surface area contributed by atoms with Crippen molar-refractivity contribution < 1.29 is 0 Å². The van der Waals surface area contributed by atoms with Crippen LogP contribution in [0.15, 0.2) is 73.2 Å². The molecule has 0 unspecified atom stereocenters.